The maximum absolute atomic E-state index is 5.92. The Morgan fingerprint density at radius 3 is 2.71 bits per heavy atom. The molecule has 2 N–H and O–H groups in total. The van der Waals surface area contributed by atoms with Gasteiger partial charge in [-0.05, 0) is 31.5 Å². The van der Waals surface area contributed by atoms with E-state index in [2.05, 4.69) is 47.8 Å². The first-order valence-corrected chi connectivity index (χ1v) is 5.63. The quantitative estimate of drug-likeness (QED) is 0.842. The first-order valence-electron chi connectivity index (χ1n) is 4.84. The van der Waals surface area contributed by atoms with Gasteiger partial charge in [0.1, 0.15) is 0 Å². The average Bonchev–Trinajstić information content (AvgIpc) is 2.19. The van der Waals surface area contributed by atoms with Crippen LogP contribution in [0.5, 0.6) is 0 Å². The number of anilines is 2. The number of nitrogens with two attached hydrogens (primary N) is 1. The van der Waals surface area contributed by atoms with Gasteiger partial charge >= 0.3 is 0 Å². The van der Waals surface area contributed by atoms with Crippen LogP contribution in [0.4, 0.5) is 11.4 Å². The molecule has 0 spiro atoms. The van der Waals surface area contributed by atoms with Gasteiger partial charge in [-0.3, -0.25) is 0 Å². The molecule has 0 saturated heterocycles. The highest BCUT2D eigenvalue weighted by molar-refractivity contribution is 9.10. The van der Waals surface area contributed by atoms with Crippen molar-refractivity contribution in [1.29, 1.82) is 0 Å². The molecule has 3 heteroatoms. The van der Waals surface area contributed by atoms with Gasteiger partial charge in [0.15, 0.2) is 0 Å². The van der Waals surface area contributed by atoms with Crippen molar-refractivity contribution in [3.05, 3.63) is 22.7 Å². The lowest BCUT2D eigenvalue weighted by Crippen LogP contribution is -2.28. The Labute approximate surface area is 94.2 Å². The molecule has 2 nitrogen and oxygen atoms in total. The predicted octanol–water partition coefficient (Wildman–Crippen LogP) is 3.27. The second kappa shape index (κ2) is 4.69. The summed E-state index contributed by atoms with van der Waals surface area (Å²) in [7, 11) is 2.08. The zero-order valence-electron chi connectivity index (χ0n) is 8.92. The summed E-state index contributed by atoms with van der Waals surface area (Å²) in [6, 6.07) is 6.45. The third-order valence-electron chi connectivity index (χ3n) is 2.62. The molecule has 1 rings (SSSR count). The monoisotopic (exact) mass is 256 g/mol. The van der Waals surface area contributed by atoms with Gasteiger partial charge in [0.2, 0.25) is 0 Å². The Balaban J connectivity index is 2.99. The smallest absolute Gasteiger partial charge is 0.0611 e. The van der Waals surface area contributed by atoms with Crippen LogP contribution in [-0.4, -0.2) is 13.1 Å². The summed E-state index contributed by atoms with van der Waals surface area (Å²) in [5.41, 5.74) is 7.84. The molecule has 0 aliphatic carbocycles. The van der Waals surface area contributed by atoms with Crippen LogP contribution in [0.15, 0.2) is 22.7 Å². The molecule has 78 valence electrons. The summed E-state index contributed by atoms with van der Waals surface area (Å²) in [5.74, 6) is 0. The van der Waals surface area contributed by atoms with E-state index >= 15 is 0 Å². The minimum absolute atomic E-state index is 0.506. The lowest BCUT2D eigenvalue weighted by Gasteiger charge is -2.27. The maximum Gasteiger partial charge on any atom is 0.0611 e. The Morgan fingerprint density at radius 2 is 2.14 bits per heavy atom. The third kappa shape index (κ3) is 2.41. The lowest BCUT2D eigenvalue weighted by atomic mass is 10.2. The Bertz CT molecular complexity index is 312. The van der Waals surface area contributed by atoms with E-state index in [1.54, 1.807) is 0 Å². The van der Waals surface area contributed by atoms with Gasteiger partial charge in [0.25, 0.3) is 0 Å². The Kier molecular flexibility index (Phi) is 3.81. The molecule has 1 unspecified atom stereocenters. The van der Waals surface area contributed by atoms with Gasteiger partial charge in [0.05, 0.1) is 11.4 Å². The van der Waals surface area contributed by atoms with Gasteiger partial charge in [0, 0.05) is 17.6 Å². The number of nitrogens with zero attached hydrogens (tertiary/aromatic N) is 1. The number of hydrogen-bond donors (Lipinski definition) is 1. The second-order valence-corrected chi connectivity index (χ2v) is 4.49. The van der Waals surface area contributed by atoms with Crippen molar-refractivity contribution < 1.29 is 0 Å². The Hall–Kier alpha value is -0.700. The average molecular weight is 257 g/mol. The van der Waals surface area contributed by atoms with Crippen LogP contribution >= 0.6 is 15.9 Å². The van der Waals surface area contributed by atoms with Crippen LogP contribution in [0.3, 0.4) is 0 Å². The molecule has 1 aromatic carbocycles. The van der Waals surface area contributed by atoms with E-state index in [4.69, 9.17) is 5.73 Å². The van der Waals surface area contributed by atoms with E-state index in [-0.39, 0.29) is 0 Å². The zero-order valence-corrected chi connectivity index (χ0v) is 10.5. The molecule has 0 amide bonds. The molecular formula is C11H17BrN2. The third-order valence-corrected chi connectivity index (χ3v) is 3.12. The van der Waals surface area contributed by atoms with Gasteiger partial charge in [-0.2, -0.15) is 0 Å². The molecule has 0 saturated carbocycles. The van der Waals surface area contributed by atoms with Crippen LogP contribution in [0.25, 0.3) is 0 Å². The van der Waals surface area contributed by atoms with Crippen molar-refractivity contribution >= 4 is 27.3 Å². The molecule has 0 fully saturated rings. The molecule has 0 bridgehead atoms. The summed E-state index contributed by atoms with van der Waals surface area (Å²) < 4.78 is 1.07. The van der Waals surface area contributed by atoms with Crippen molar-refractivity contribution in [3.63, 3.8) is 0 Å². The first-order chi connectivity index (χ1) is 6.56. The highest BCUT2D eigenvalue weighted by Gasteiger charge is 2.10. The minimum Gasteiger partial charge on any atom is -0.397 e. The summed E-state index contributed by atoms with van der Waals surface area (Å²) >= 11 is 3.45. The van der Waals surface area contributed by atoms with E-state index in [0.717, 1.165) is 22.3 Å². The standard InChI is InChI=1S/C11H17BrN2/c1-4-8(2)14(3)11-7-9(12)5-6-10(11)13/h5-8H,4,13H2,1-3H3. The van der Waals surface area contributed by atoms with Crippen LogP contribution in [0.1, 0.15) is 20.3 Å². The largest absolute Gasteiger partial charge is 0.397 e. The van der Waals surface area contributed by atoms with E-state index in [1.165, 1.54) is 0 Å². The molecule has 0 heterocycles. The number of hydrogen-bond acceptors (Lipinski definition) is 2. The molecule has 0 aliphatic rings. The molecule has 1 atom stereocenters. The van der Waals surface area contributed by atoms with Crippen molar-refractivity contribution in [1.82, 2.24) is 0 Å². The van der Waals surface area contributed by atoms with Crippen LogP contribution in [0.2, 0.25) is 0 Å². The predicted molar refractivity (Wildman–Crippen MR) is 66.7 cm³/mol. The Morgan fingerprint density at radius 1 is 1.50 bits per heavy atom. The number of rotatable bonds is 3. The fraction of sp³-hybridized carbons (Fsp3) is 0.455. The molecule has 1 aromatic rings. The lowest BCUT2D eigenvalue weighted by molar-refractivity contribution is 0.664. The van der Waals surface area contributed by atoms with Crippen molar-refractivity contribution in [2.75, 3.05) is 17.7 Å². The first kappa shape index (κ1) is 11.4. The fourth-order valence-electron chi connectivity index (χ4n) is 1.33. The zero-order chi connectivity index (χ0) is 10.7. The van der Waals surface area contributed by atoms with Gasteiger partial charge < -0.3 is 10.6 Å². The topological polar surface area (TPSA) is 29.3 Å². The molecule has 14 heavy (non-hydrogen) atoms. The van der Waals surface area contributed by atoms with E-state index in [9.17, 15) is 0 Å². The molecule has 0 aliphatic heterocycles. The number of nitrogen functional groups attached to an aromatic ring is 1. The highest BCUT2D eigenvalue weighted by atomic mass is 79.9. The van der Waals surface area contributed by atoms with Crippen molar-refractivity contribution in [3.8, 4) is 0 Å². The van der Waals surface area contributed by atoms with Gasteiger partial charge in [-0.15, -0.1) is 0 Å². The molecule has 0 radical (unpaired) electrons. The van der Waals surface area contributed by atoms with Gasteiger partial charge in [-0.1, -0.05) is 22.9 Å². The minimum atomic E-state index is 0.506. The fourth-order valence-corrected chi connectivity index (χ4v) is 1.68. The molecule has 0 aromatic heterocycles. The summed E-state index contributed by atoms with van der Waals surface area (Å²) in [6.45, 7) is 4.37. The summed E-state index contributed by atoms with van der Waals surface area (Å²) in [5, 5.41) is 0. The second-order valence-electron chi connectivity index (χ2n) is 3.57. The molecular weight excluding hydrogens is 240 g/mol. The van der Waals surface area contributed by atoms with E-state index in [1.807, 2.05) is 12.1 Å². The number of halogens is 1. The van der Waals surface area contributed by atoms with Crippen molar-refractivity contribution in [2.45, 2.75) is 26.3 Å². The van der Waals surface area contributed by atoms with Gasteiger partial charge in [-0.25, -0.2) is 0 Å². The normalized spacial score (nSPS) is 12.6. The van der Waals surface area contributed by atoms with E-state index in [0.29, 0.717) is 6.04 Å². The SMILES string of the molecule is CCC(C)N(C)c1cc(Br)ccc1N. The van der Waals surface area contributed by atoms with Crippen molar-refractivity contribution in [2.24, 2.45) is 0 Å². The van der Waals surface area contributed by atoms with Crippen LogP contribution < -0.4 is 10.6 Å². The van der Waals surface area contributed by atoms with Crippen LogP contribution in [0, 0.1) is 0 Å². The number of benzene rings is 1. The maximum atomic E-state index is 5.92. The van der Waals surface area contributed by atoms with E-state index < -0.39 is 0 Å². The highest BCUT2D eigenvalue weighted by Crippen LogP contribution is 2.27. The summed E-state index contributed by atoms with van der Waals surface area (Å²) in [6.07, 6.45) is 1.11. The summed E-state index contributed by atoms with van der Waals surface area (Å²) in [4.78, 5) is 2.21. The van der Waals surface area contributed by atoms with Crippen LogP contribution in [-0.2, 0) is 0 Å².